The molecular formula is C17H23N3O4. The van der Waals surface area contributed by atoms with Crippen molar-refractivity contribution in [3.8, 4) is 11.8 Å². The maximum absolute atomic E-state index is 12.0. The highest BCUT2D eigenvalue weighted by Gasteiger charge is 2.29. The van der Waals surface area contributed by atoms with Gasteiger partial charge in [0, 0.05) is 11.6 Å². The highest BCUT2D eigenvalue weighted by molar-refractivity contribution is 5.84. The molecule has 0 unspecified atom stereocenters. The minimum atomic E-state index is -0.732. The standard InChI is InChI=1S/C17H23N3O4/c1-10-2-7-14(20-16(10)23-9-12-5-6-12)24-17(22)19-13(15(18)21)8-11-3-4-11/h2,7,11-13H,3-6,8-9H2,1H3,(H2,18,21)(H,19,22)/t13-/m0/s1. The summed E-state index contributed by atoms with van der Waals surface area (Å²) in [5.41, 5.74) is 6.21. The van der Waals surface area contributed by atoms with Gasteiger partial charge in [-0.05, 0) is 44.1 Å². The monoisotopic (exact) mass is 333 g/mol. The molecule has 0 bridgehead atoms. The number of carbonyl (C=O) groups is 2. The number of primary amides is 1. The minimum Gasteiger partial charge on any atom is -0.477 e. The number of aromatic nitrogens is 1. The Labute approximate surface area is 140 Å². The Balaban J connectivity index is 1.56. The molecule has 24 heavy (non-hydrogen) atoms. The fraction of sp³-hybridized carbons (Fsp3) is 0.588. The highest BCUT2D eigenvalue weighted by atomic mass is 16.6. The van der Waals surface area contributed by atoms with Crippen LogP contribution in [0.3, 0.4) is 0 Å². The first-order valence-electron chi connectivity index (χ1n) is 8.39. The number of hydrogen-bond donors (Lipinski definition) is 2. The predicted octanol–water partition coefficient (Wildman–Crippen LogP) is 1.92. The van der Waals surface area contributed by atoms with E-state index in [2.05, 4.69) is 10.3 Å². The summed E-state index contributed by atoms with van der Waals surface area (Å²) in [5, 5.41) is 2.51. The quantitative estimate of drug-likeness (QED) is 0.756. The summed E-state index contributed by atoms with van der Waals surface area (Å²) in [7, 11) is 0. The number of amides is 2. The molecule has 1 aromatic heterocycles. The smallest absolute Gasteiger partial charge is 0.414 e. The second-order valence-electron chi connectivity index (χ2n) is 6.69. The Morgan fingerprint density at radius 3 is 2.62 bits per heavy atom. The van der Waals surface area contributed by atoms with E-state index in [1.807, 2.05) is 6.92 Å². The van der Waals surface area contributed by atoms with Crippen LogP contribution >= 0.6 is 0 Å². The number of nitrogens with zero attached hydrogens (tertiary/aromatic N) is 1. The van der Waals surface area contributed by atoms with Gasteiger partial charge < -0.3 is 20.5 Å². The average molecular weight is 333 g/mol. The second-order valence-corrected chi connectivity index (χ2v) is 6.69. The summed E-state index contributed by atoms with van der Waals surface area (Å²) in [6, 6.07) is 2.67. The summed E-state index contributed by atoms with van der Waals surface area (Å²) in [6.07, 6.45) is 4.34. The summed E-state index contributed by atoms with van der Waals surface area (Å²) in [5.74, 6) is 1.12. The first kappa shape index (κ1) is 16.5. The molecule has 2 fully saturated rings. The molecule has 1 atom stereocenters. The van der Waals surface area contributed by atoms with E-state index < -0.39 is 18.0 Å². The van der Waals surface area contributed by atoms with Gasteiger partial charge in [0.05, 0.1) is 6.61 Å². The van der Waals surface area contributed by atoms with E-state index in [-0.39, 0.29) is 5.88 Å². The number of nitrogens with one attached hydrogen (secondary N) is 1. The third-order valence-corrected chi connectivity index (χ3v) is 4.28. The lowest BCUT2D eigenvalue weighted by Crippen LogP contribution is -2.45. The van der Waals surface area contributed by atoms with Gasteiger partial charge in [-0.25, -0.2) is 4.79 Å². The van der Waals surface area contributed by atoms with Crippen LogP contribution < -0.4 is 20.5 Å². The van der Waals surface area contributed by atoms with Gasteiger partial charge >= 0.3 is 6.09 Å². The minimum absolute atomic E-state index is 0.138. The lowest BCUT2D eigenvalue weighted by molar-refractivity contribution is -0.120. The molecule has 1 aromatic rings. The van der Waals surface area contributed by atoms with Crippen molar-refractivity contribution in [2.24, 2.45) is 17.6 Å². The van der Waals surface area contributed by atoms with Gasteiger partial charge in [0.1, 0.15) is 6.04 Å². The molecule has 0 aliphatic heterocycles. The van der Waals surface area contributed by atoms with Gasteiger partial charge in [0.25, 0.3) is 0 Å². The van der Waals surface area contributed by atoms with E-state index >= 15 is 0 Å². The Bertz CT molecular complexity index is 626. The third kappa shape index (κ3) is 4.84. The predicted molar refractivity (Wildman–Crippen MR) is 86.7 cm³/mol. The van der Waals surface area contributed by atoms with Crippen LogP contribution in [-0.4, -0.2) is 29.6 Å². The van der Waals surface area contributed by atoms with Gasteiger partial charge in [-0.2, -0.15) is 4.98 Å². The zero-order valence-electron chi connectivity index (χ0n) is 13.8. The van der Waals surface area contributed by atoms with E-state index in [9.17, 15) is 9.59 Å². The van der Waals surface area contributed by atoms with Crippen LogP contribution in [0.1, 0.15) is 37.7 Å². The molecule has 7 nitrogen and oxygen atoms in total. The van der Waals surface area contributed by atoms with Crippen molar-refractivity contribution in [2.45, 2.75) is 45.1 Å². The number of nitrogens with two attached hydrogens (primary N) is 1. The van der Waals surface area contributed by atoms with Crippen LogP contribution in [0.4, 0.5) is 4.79 Å². The first-order chi connectivity index (χ1) is 11.5. The molecule has 130 valence electrons. The zero-order chi connectivity index (χ0) is 17.1. The number of pyridine rings is 1. The van der Waals surface area contributed by atoms with E-state index in [0.29, 0.717) is 30.7 Å². The Morgan fingerprint density at radius 1 is 1.29 bits per heavy atom. The number of carbonyl (C=O) groups excluding carboxylic acids is 2. The number of aryl methyl sites for hydroxylation is 1. The maximum atomic E-state index is 12.0. The van der Waals surface area contributed by atoms with Crippen molar-refractivity contribution in [1.29, 1.82) is 0 Å². The lowest BCUT2D eigenvalue weighted by Gasteiger charge is -2.15. The molecule has 0 radical (unpaired) electrons. The molecule has 1 heterocycles. The van der Waals surface area contributed by atoms with Gasteiger partial charge in [-0.1, -0.05) is 12.8 Å². The molecular weight excluding hydrogens is 310 g/mol. The van der Waals surface area contributed by atoms with Gasteiger partial charge in [-0.3, -0.25) is 4.79 Å². The molecule has 2 amide bonds. The molecule has 2 aliphatic rings. The Hall–Kier alpha value is -2.31. The zero-order valence-corrected chi connectivity index (χ0v) is 13.8. The van der Waals surface area contributed by atoms with E-state index in [4.69, 9.17) is 15.2 Å². The maximum Gasteiger partial charge on any atom is 0.414 e. The average Bonchev–Trinajstić information content (AvgIpc) is 3.42. The van der Waals surface area contributed by atoms with Gasteiger partial charge in [0.15, 0.2) is 0 Å². The fourth-order valence-electron chi connectivity index (χ4n) is 2.38. The van der Waals surface area contributed by atoms with Gasteiger partial charge in [0.2, 0.25) is 17.7 Å². The number of rotatable bonds is 8. The Kier molecular flexibility index (Phi) is 4.87. The molecule has 0 spiro atoms. The summed E-state index contributed by atoms with van der Waals surface area (Å²) >= 11 is 0. The normalized spacial score (nSPS) is 17.9. The van der Waals surface area contributed by atoms with E-state index in [1.165, 1.54) is 12.8 Å². The van der Waals surface area contributed by atoms with Crippen LogP contribution in [-0.2, 0) is 4.79 Å². The summed E-state index contributed by atoms with van der Waals surface area (Å²) in [4.78, 5) is 27.6. The molecule has 3 rings (SSSR count). The van der Waals surface area contributed by atoms with Crippen molar-refractivity contribution in [3.63, 3.8) is 0 Å². The van der Waals surface area contributed by atoms with Crippen LogP contribution in [0.5, 0.6) is 11.8 Å². The second kappa shape index (κ2) is 7.07. The largest absolute Gasteiger partial charge is 0.477 e. The number of ether oxygens (including phenoxy) is 2. The van der Waals surface area contributed by atoms with Crippen LogP contribution in [0.2, 0.25) is 0 Å². The highest BCUT2D eigenvalue weighted by Crippen LogP contribution is 2.33. The third-order valence-electron chi connectivity index (χ3n) is 4.28. The summed E-state index contributed by atoms with van der Waals surface area (Å²) in [6.45, 7) is 2.52. The van der Waals surface area contributed by atoms with Crippen LogP contribution in [0.15, 0.2) is 12.1 Å². The van der Waals surface area contributed by atoms with E-state index in [1.54, 1.807) is 12.1 Å². The van der Waals surface area contributed by atoms with Crippen LogP contribution in [0, 0.1) is 18.8 Å². The SMILES string of the molecule is Cc1ccc(OC(=O)N[C@@H](CC2CC2)C(N)=O)nc1OCC1CC1. The van der Waals surface area contributed by atoms with Crippen molar-refractivity contribution < 1.29 is 19.1 Å². The molecule has 2 aliphatic carbocycles. The first-order valence-corrected chi connectivity index (χ1v) is 8.39. The molecule has 7 heteroatoms. The molecule has 2 saturated carbocycles. The Morgan fingerprint density at radius 2 is 2.00 bits per heavy atom. The van der Waals surface area contributed by atoms with Crippen molar-refractivity contribution >= 4 is 12.0 Å². The molecule has 0 saturated heterocycles. The fourth-order valence-corrected chi connectivity index (χ4v) is 2.38. The summed E-state index contributed by atoms with van der Waals surface area (Å²) < 4.78 is 10.8. The van der Waals surface area contributed by atoms with E-state index in [0.717, 1.165) is 18.4 Å². The number of hydrogen-bond acceptors (Lipinski definition) is 5. The lowest BCUT2D eigenvalue weighted by atomic mass is 10.1. The van der Waals surface area contributed by atoms with Crippen molar-refractivity contribution in [1.82, 2.24) is 10.3 Å². The molecule has 3 N–H and O–H groups in total. The van der Waals surface area contributed by atoms with Crippen LogP contribution in [0.25, 0.3) is 0 Å². The topological polar surface area (TPSA) is 104 Å². The van der Waals surface area contributed by atoms with Crippen molar-refractivity contribution in [3.05, 3.63) is 17.7 Å². The molecule has 0 aromatic carbocycles. The van der Waals surface area contributed by atoms with Gasteiger partial charge in [-0.15, -0.1) is 0 Å². The van der Waals surface area contributed by atoms with Crippen molar-refractivity contribution in [2.75, 3.05) is 6.61 Å².